The van der Waals surface area contributed by atoms with Crippen LogP contribution in [0.5, 0.6) is 0 Å². The Hall–Kier alpha value is -6.29. The fraction of sp³-hybridized carbons (Fsp3) is 0.0204. The van der Waals surface area contributed by atoms with Crippen LogP contribution in [0.1, 0.15) is 0 Å². The molecule has 0 saturated heterocycles. The second kappa shape index (κ2) is 12.5. The van der Waals surface area contributed by atoms with E-state index in [2.05, 4.69) is 203 Å². The van der Waals surface area contributed by atoms with E-state index in [0.717, 1.165) is 11.4 Å². The summed E-state index contributed by atoms with van der Waals surface area (Å²) in [5.74, 6) is 0. The number of hydrogen-bond acceptors (Lipinski definition) is 1. The Morgan fingerprint density at radius 2 is 0.827 bits per heavy atom. The zero-order valence-electron chi connectivity index (χ0n) is 28.7. The van der Waals surface area contributed by atoms with Crippen LogP contribution in [0.25, 0.3) is 88.4 Å². The monoisotopic (exact) mass is 682 g/mol. The van der Waals surface area contributed by atoms with Gasteiger partial charge in [-0.2, -0.15) is 0 Å². The van der Waals surface area contributed by atoms with Crippen molar-refractivity contribution in [2.75, 3.05) is 6.26 Å². The standard InChI is InChI=1S/C49H34N2S/c1-52-49-39(34-18-7-3-8-19-34)24-15-25-40(49)36-28-35(33-16-5-2-6-17-33)29-38(30-36)51-46-27-14-12-23-42(46)44-31-43-41-22-11-13-26-45(41)50(47(43)32-48(44)51)37-20-9-4-10-21-37/h2-32H,1H3. The molecule has 0 unspecified atom stereocenters. The van der Waals surface area contributed by atoms with Gasteiger partial charge in [-0.1, -0.05) is 133 Å². The van der Waals surface area contributed by atoms with Crippen LogP contribution in [0.15, 0.2) is 193 Å². The average molecular weight is 683 g/mol. The van der Waals surface area contributed by atoms with Crippen molar-refractivity contribution in [2.24, 2.45) is 0 Å². The molecule has 246 valence electrons. The van der Waals surface area contributed by atoms with Crippen molar-refractivity contribution in [2.45, 2.75) is 4.90 Å². The summed E-state index contributed by atoms with van der Waals surface area (Å²) in [5, 5.41) is 5.02. The molecular formula is C49H34N2S. The second-order valence-electron chi connectivity index (χ2n) is 13.3. The van der Waals surface area contributed by atoms with Crippen LogP contribution in [-0.4, -0.2) is 15.4 Å². The van der Waals surface area contributed by atoms with Crippen molar-refractivity contribution in [1.29, 1.82) is 0 Å². The third-order valence-electron chi connectivity index (χ3n) is 10.4. The molecule has 0 amide bonds. The third-order valence-corrected chi connectivity index (χ3v) is 11.2. The van der Waals surface area contributed by atoms with Gasteiger partial charge < -0.3 is 9.13 Å². The molecule has 10 aromatic rings. The highest BCUT2D eigenvalue weighted by atomic mass is 32.2. The molecule has 0 radical (unpaired) electrons. The van der Waals surface area contributed by atoms with Crippen LogP contribution in [0.4, 0.5) is 0 Å². The molecule has 2 heterocycles. The Labute approximate surface area is 307 Å². The summed E-state index contributed by atoms with van der Waals surface area (Å²) in [6.07, 6.45) is 2.19. The first-order valence-corrected chi connectivity index (χ1v) is 18.9. The van der Waals surface area contributed by atoms with Gasteiger partial charge in [-0.3, -0.25) is 0 Å². The Morgan fingerprint density at radius 3 is 1.44 bits per heavy atom. The highest BCUT2D eigenvalue weighted by molar-refractivity contribution is 7.98. The van der Waals surface area contributed by atoms with Gasteiger partial charge in [-0.25, -0.2) is 0 Å². The summed E-state index contributed by atoms with van der Waals surface area (Å²) in [6, 6.07) is 68.6. The first-order valence-electron chi connectivity index (χ1n) is 17.7. The number of nitrogens with zero attached hydrogens (tertiary/aromatic N) is 2. The van der Waals surface area contributed by atoms with Gasteiger partial charge in [0, 0.05) is 37.8 Å². The topological polar surface area (TPSA) is 9.86 Å². The van der Waals surface area contributed by atoms with E-state index in [9.17, 15) is 0 Å². The maximum Gasteiger partial charge on any atom is 0.0562 e. The van der Waals surface area contributed by atoms with E-state index in [1.807, 2.05) is 11.8 Å². The highest BCUT2D eigenvalue weighted by Gasteiger charge is 2.20. The summed E-state index contributed by atoms with van der Waals surface area (Å²) in [7, 11) is 0. The van der Waals surface area contributed by atoms with Crippen molar-refractivity contribution in [3.05, 3.63) is 188 Å². The maximum atomic E-state index is 2.48. The van der Waals surface area contributed by atoms with E-state index in [0.29, 0.717) is 0 Å². The Balaban J connectivity index is 1.30. The zero-order chi connectivity index (χ0) is 34.6. The summed E-state index contributed by atoms with van der Waals surface area (Å²) in [5.41, 5.74) is 14.4. The normalized spacial score (nSPS) is 11.6. The summed E-state index contributed by atoms with van der Waals surface area (Å²) >= 11 is 1.82. The van der Waals surface area contributed by atoms with E-state index in [1.54, 1.807) is 0 Å². The van der Waals surface area contributed by atoms with Crippen LogP contribution in [-0.2, 0) is 0 Å². The molecule has 0 N–H and O–H groups in total. The summed E-state index contributed by atoms with van der Waals surface area (Å²) < 4.78 is 4.89. The van der Waals surface area contributed by atoms with Gasteiger partial charge in [0.25, 0.3) is 0 Å². The lowest BCUT2D eigenvalue weighted by molar-refractivity contribution is 1.16. The second-order valence-corrected chi connectivity index (χ2v) is 14.1. The molecule has 10 rings (SSSR count). The smallest absolute Gasteiger partial charge is 0.0562 e. The van der Waals surface area contributed by atoms with Crippen molar-refractivity contribution in [3.8, 4) is 44.8 Å². The molecule has 2 nitrogen and oxygen atoms in total. The van der Waals surface area contributed by atoms with Crippen LogP contribution >= 0.6 is 11.8 Å². The molecule has 0 fully saturated rings. The zero-order valence-corrected chi connectivity index (χ0v) is 29.5. The number of benzene rings is 8. The minimum Gasteiger partial charge on any atom is -0.309 e. The van der Waals surface area contributed by atoms with Gasteiger partial charge in [-0.15, -0.1) is 11.8 Å². The van der Waals surface area contributed by atoms with Gasteiger partial charge in [-0.05, 0) is 94.2 Å². The molecule has 0 spiro atoms. The van der Waals surface area contributed by atoms with Gasteiger partial charge in [0.2, 0.25) is 0 Å². The molecule has 8 aromatic carbocycles. The molecule has 0 bridgehead atoms. The number of thioether (sulfide) groups is 1. The van der Waals surface area contributed by atoms with Crippen molar-refractivity contribution in [3.63, 3.8) is 0 Å². The van der Waals surface area contributed by atoms with Crippen LogP contribution in [0.3, 0.4) is 0 Å². The van der Waals surface area contributed by atoms with Crippen LogP contribution in [0, 0.1) is 0 Å². The van der Waals surface area contributed by atoms with E-state index in [1.165, 1.54) is 81.9 Å². The Kier molecular flexibility index (Phi) is 7.33. The molecule has 0 aliphatic rings. The quantitative estimate of drug-likeness (QED) is 0.159. The minimum absolute atomic E-state index is 1.14. The molecule has 3 heteroatoms. The van der Waals surface area contributed by atoms with Crippen molar-refractivity contribution in [1.82, 2.24) is 9.13 Å². The molecule has 52 heavy (non-hydrogen) atoms. The lowest BCUT2D eigenvalue weighted by atomic mass is 9.95. The van der Waals surface area contributed by atoms with E-state index < -0.39 is 0 Å². The molecule has 0 saturated carbocycles. The van der Waals surface area contributed by atoms with Crippen molar-refractivity contribution >= 4 is 55.4 Å². The summed E-state index contributed by atoms with van der Waals surface area (Å²) in [6.45, 7) is 0. The van der Waals surface area contributed by atoms with Gasteiger partial charge in [0.1, 0.15) is 0 Å². The number of aromatic nitrogens is 2. The molecule has 2 aromatic heterocycles. The first-order chi connectivity index (χ1) is 25.8. The third kappa shape index (κ3) is 4.89. The number of para-hydroxylation sites is 3. The average Bonchev–Trinajstić information content (AvgIpc) is 3.72. The minimum atomic E-state index is 1.14. The largest absolute Gasteiger partial charge is 0.309 e. The maximum absolute atomic E-state index is 2.48. The number of rotatable bonds is 6. The lowest BCUT2D eigenvalue weighted by Crippen LogP contribution is -1.97. The lowest BCUT2D eigenvalue weighted by Gasteiger charge is -2.17. The predicted molar refractivity (Wildman–Crippen MR) is 223 cm³/mol. The summed E-state index contributed by atoms with van der Waals surface area (Å²) in [4.78, 5) is 1.28. The van der Waals surface area contributed by atoms with Crippen molar-refractivity contribution < 1.29 is 0 Å². The fourth-order valence-electron chi connectivity index (χ4n) is 8.09. The molecule has 0 aliphatic heterocycles. The van der Waals surface area contributed by atoms with E-state index >= 15 is 0 Å². The van der Waals surface area contributed by atoms with E-state index in [4.69, 9.17) is 0 Å². The highest BCUT2D eigenvalue weighted by Crippen LogP contribution is 2.43. The van der Waals surface area contributed by atoms with Crippen LogP contribution in [0.2, 0.25) is 0 Å². The SMILES string of the molecule is CSc1c(-c2ccccc2)cccc1-c1cc(-c2ccccc2)cc(-n2c3ccccc3c3cc4c5ccccc5n(-c5ccccc5)c4cc32)c1. The Bertz CT molecular complexity index is 2920. The predicted octanol–water partition coefficient (Wildman–Crippen LogP) is 13.6. The van der Waals surface area contributed by atoms with Gasteiger partial charge in [0.05, 0.1) is 22.1 Å². The fourth-order valence-corrected chi connectivity index (χ4v) is 8.90. The van der Waals surface area contributed by atoms with Crippen LogP contribution < -0.4 is 0 Å². The molecule has 0 aliphatic carbocycles. The number of hydrogen-bond donors (Lipinski definition) is 0. The molecule has 0 atom stereocenters. The van der Waals surface area contributed by atoms with Gasteiger partial charge >= 0.3 is 0 Å². The Morgan fingerprint density at radius 1 is 0.327 bits per heavy atom. The first kappa shape index (κ1) is 30.5. The number of fused-ring (bicyclic) bond motifs is 6. The van der Waals surface area contributed by atoms with Gasteiger partial charge in [0.15, 0.2) is 0 Å². The van der Waals surface area contributed by atoms with E-state index in [-0.39, 0.29) is 0 Å². The molecular weight excluding hydrogens is 649 g/mol.